The molecule has 31 heavy (non-hydrogen) atoms. The summed E-state index contributed by atoms with van der Waals surface area (Å²) in [6.07, 6.45) is 5.20. The number of fused-ring (bicyclic) bond motifs is 1. The highest BCUT2D eigenvalue weighted by molar-refractivity contribution is 5.97. The molecule has 1 fully saturated rings. The molecule has 4 aromatic rings. The third-order valence-electron chi connectivity index (χ3n) is 5.80. The Kier molecular flexibility index (Phi) is 5.40. The Bertz CT molecular complexity index is 1180. The molecule has 2 heterocycles. The van der Waals surface area contributed by atoms with Crippen LogP contribution in [0.5, 0.6) is 5.75 Å². The minimum absolute atomic E-state index is 0.107. The number of nitrogens with zero attached hydrogens (tertiary/aromatic N) is 3. The summed E-state index contributed by atoms with van der Waals surface area (Å²) in [5.74, 6) is 0.933. The van der Waals surface area contributed by atoms with Crippen molar-refractivity contribution in [2.45, 2.75) is 25.9 Å². The topological polar surface area (TPSA) is 47.4 Å². The molecule has 156 valence electrons. The minimum Gasteiger partial charge on any atom is -0.489 e. The van der Waals surface area contributed by atoms with E-state index >= 15 is 0 Å². The lowest BCUT2D eigenvalue weighted by molar-refractivity contribution is 0.0724. The fraction of sp³-hybridized carbons (Fsp3) is 0.231. The molecule has 3 aromatic carbocycles. The van der Waals surface area contributed by atoms with E-state index in [1.165, 1.54) is 6.42 Å². The van der Waals surface area contributed by atoms with E-state index in [2.05, 4.69) is 17.1 Å². The van der Waals surface area contributed by atoms with Gasteiger partial charge in [0.25, 0.3) is 5.91 Å². The first-order valence-electron chi connectivity index (χ1n) is 10.8. The first-order chi connectivity index (χ1) is 15.3. The number of carbonyl (C=O) groups is 1. The van der Waals surface area contributed by atoms with Gasteiger partial charge in [0.05, 0.1) is 11.0 Å². The van der Waals surface area contributed by atoms with Crippen molar-refractivity contribution in [3.8, 4) is 11.4 Å². The van der Waals surface area contributed by atoms with E-state index in [1.807, 2.05) is 70.1 Å². The van der Waals surface area contributed by atoms with Crippen molar-refractivity contribution in [3.63, 3.8) is 0 Å². The van der Waals surface area contributed by atoms with Crippen LogP contribution < -0.4 is 4.74 Å². The number of hydrogen-bond acceptors (Lipinski definition) is 3. The SMILES string of the molecule is O=C(c1ccc2c(c1)ncn2-c1ccc(OCc2ccccc2)cc1)N1CCCCC1. The van der Waals surface area contributed by atoms with Gasteiger partial charge in [-0.1, -0.05) is 30.3 Å². The predicted molar refractivity (Wildman–Crippen MR) is 122 cm³/mol. The van der Waals surface area contributed by atoms with Crippen molar-refractivity contribution in [2.75, 3.05) is 13.1 Å². The van der Waals surface area contributed by atoms with Crippen LogP contribution in [0.3, 0.4) is 0 Å². The van der Waals surface area contributed by atoms with Crippen LogP contribution in [0.15, 0.2) is 79.1 Å². The van der Waals surface area contributed by atoms with Gasteiger partial charge in [-0.3, -0.25) is 9.36 Å². The van der Waals surface area contributed by atoms with Gasteiger partial charge in [0.15, 0.2) is 0 Å². The summed E-state index contributed by atoms with van der Waals surface area (Å²) in [5.41, 5.74) is 4.66. The summed E-state index contributed by atoms with van der Waals surface area (Å²) in [7, 11) is 0. The Morgan fingerprint density at radius 2 is 1.68 bits per heavy atom. The standard InChI is InChI=1S/C26H25N3O2/c30-26(28-15-5-2-6-16-28)21-9-14-25-24(17-21)27-19-29(25)22-10-12-23(13-11-22)31-18-20-7-3-1-4-8-20/h1,3-4,7-14,17,19H,2,5-6,15-16,18H2. The van der Waals surface area contributed by atoms with Gasteiger partial charge in [0.1, 0.15) is 18.7 Å². The van der Waals surface area contributed by atoms with Crippen molar-refractivity contribution < 1.29 is 9.53 Å². The molecule has 5 rings (SSSR count). The third-order valence-corrected chi connectivity index (χ3v) is 5.80. The van der Waals surface area contributed by atoms with Gasteiger partial charge in [0, 0.05) is 24.3 Å². The van der Waals surface area contributed by atoms with E-state index in [1.54, 1.807) is 6.33 Å². The molecule has 1 aliphatic rings. The normalized spacial score (nSPS) is 14.0. The largest absolute Gasteiger partial charge is 0.489 e. The van der Waals surface area contributed by atoms with Crippen LogP contribution in [0.1, 0.15) is 35.2 Å². The lowest BCUT2D eigenvalue weighted by Crippen LogP contribution is -2.35. The maximum atomic E-state index is 12.8. The zero-order valence-corrected chi connectivity index (χ0v) is 17.4. The second-order valence-corrected chi connectivity index (χ2v) is 7.94. The Morgan fingerprint density at radius 1 is 0.903 bits per heavy atom. The van der Waals surface area contributed by atoms with E-state index in [9.17, 15) is 4.79 Å². The van der Waals surface area contributed by atoms with Crippen molar-refractivity contribution in [1.82, 2.24) is 14.5 Å². The summed E-state index contributed by atoms with van der Waals surface area (Å²) in [6.45, 7) is 2.25. The summed E-state index contributed by atoms with van der Waals surface area (Å²) in [6, 6.07) is 23.9. The zero-order valence-electron chi connectivity index (χ0n) is 17.4. The molecule has 1 saturated heterocycles. The first-order valence-corrected chi connectivity index (χ1v) is 10.8. The second kappa shape index (κ2) is 8.64. The summed E-state index contributed by atoms with van der Waals surface area (Å²) in [4.78, 5) is 19.3. The Morgan fingerprint density at radius 3 is 2.45 bits per heavy atom. The number of ether oxygens (including phenoxy) is 1. The first kappa shape index (κ1) is 19.4. The smallest absolute Gasteiger partial charge is 0.253 e. The highest BCUT2D eigenvalue weighted by Crippen LogP contribution is 2.23. The molecule has 1 aromatic heterocycles. The lowest BCUT2D eigenvalue weighted by atomic mass is 10.1. The molecule has 1 amide bonds. The van der Waals surface area contributed by atoms with Crippen LogP contribution in [0, 0.1) is 0 Å². The van der Waals surface area contributed by atoms with Gasteiger partial charge in [-0.25, -0.2) is 4.98 Å². The number of hydrogen-bond donors (Lipinski definition) is 0. The van der Waals surface area contributed by atoms with Crippen molar-refractivity contribution in [2.24, 2.45) is 0 Å². The number of likely N-dealkylation sites (tertiary alicyclic amines) is 1. The number of imidazole rings is 1. The van der Waals surface area contributed by atoms with E-state index < -0.39 is 0 Å². The quantitative estimate of drug-likeness (QED) is 0.452. The van der Waals surface area contributed by atoms with Crippen molar-refractivity contribution in [1.29, 1.82) is 0 Å². The fourth-order valence-electron chi connectivity index (χ4n) is 4.07. The summed E-state index contributed by atoms with van der Waals surface area (Å²) < 4.78 is 7.92. The molecule has 0 aliphatic carbocycles. The molecule has 0 saturated carbocycles. The number of rotatable bonds is 5. The monoisotopic (exact) mass is 411 g/mol. The molecule has 0 unspecified atom stereocenters. The van der Waals surface area contributed by atoms with E-state index in [0.717, 1.165) is 54.0 Å². The van der Waals surface area contributed by atoms with Crippen LogP contribution in [-0.4, -0.2) is 33.4 Å². The average Bonchev–Trinajstić information content (AvgIpc) is 3.27. The molecule has 0 bridgehead atoms. The number of carbonyl (C=O) groups excluding carboxylic acids is 1. The molecule has 5 heteroatoms. The molecular weight excluding hydrogens is 386 g/mol. The molecular formula is C26H25N3O2. The van der Waals surface area contributed by atoms with Crippen LogP contribution in [0.2, 0.25) is 0 Å². The lowest BCUT2D eigenvalue weighted by Gasteiger charge is -2.26. The number of piperidine rings is 1. The molecule has 5 nitrogen and oxygen atoms in total. The van der Waals surface area contributed by atoms with Crippen molar-refractivity contribution in [3.05, 3.63) is 90.3 Å². The van der Waals surface area contributed by atoms with Gasteiger partial charge in [0.2, 0.25) is 0 Å². The third kappa shape index (κ3) is 4.17. The number of aromatic nitrogens is 2. The highest BCUT2D eigenvalue weighted by atomic mass is 16.5. The maximum absolute atomic E-state index is 12.8. The van der Waals surface area contributed by atoms with E-state index in [4.69, 9.17) is 4.74 Å². The molecule has 1 aliphatic heterocycles. The fourth-order valence-corrected chi connectivity index (χ4v) is 4.07. The number of amides is 1. The maximum Gasteiger partial charge on any atom is 0.253 e. The van der Waals surface area contributed by atoms with Crippen LogP contribution in [0.25, 0.3) is 16.7 Å². The Labute approximate surface area is 181 Å². The highest BCUT2D eigenvalue weighted by Gasteiger charge is 2.19. The van der Waals surface area contributed by atoms with Crippen LogP contribution in [-0.2, 0) is 6.61 Å². The van der Waals surface area contributed by atoms with Gasteiger partial charge in [-0.15, -0.1) is 0 Å². The molecule has 0 spiro atoms. The average molecular weight is 412 g/mol. The minimum atomic E-state index is 0.107. The Hall–Kier alpha value is -3.60. The Balaban J connectivity index is 1.32. The number of benzene rings is 3. The zero-order chi connectivity index (χ0) is 21.0. The molecule has 0 atom stereocenters. The molecule has 0 radical (unpaired) electrons. The van der Waals surface area contributed by atoms with E-state index in [0.29, 0.717) is 12.2 Å². The van der Waals surface area contributed by atoms with Crippen LogP contribution >= 0.6 is 0 Å². The van der Waals surface area contributed by atoms with Gasteiger partial charge < -0.3 is 9.64 Å². The van der Waals surface area contributed by atoms with Gasteiger partial charge >= 0.3 is 0 Å². The van der Waals surface area contributed by atoms with E-state index in [-0.39, 0.29) is 5.91 Å². The predicted octanol–water partition coefficient (Wildman–Crippen LogP) is 5.23. The summed E-state index contributed by atoms with van der Waals surface area (Å²) in [5, 5.41) is 0. The second-order valence-electron chi connectivity index (χ2n) is 7.94. The van der Waals surface area contributed by atoms with Gasteiger partial charge in [-0.2, -0.15) is 0 Å². The summed E-state index contributed by atoms with van der Waals surface area (Å²) >= 11 is 0. The van der Waals surface area contributed by atoms with Gasteiger partial charge in [-0.05, 0) is 67.3 Å². The van der Waals surface area contributed by atoms with Crippen molar-refractivity contribution >= 4 is 16.9 Å². The van der Waals surface area contributed by atoms with Crippen LogP contribution in [0.4, 0.5) is 0 Å². The molecule has 0 N–H and O–H groups in total.